The molecule has 0 amide bonds. The summed E-state index contributed by atoms with van der Waals surface area (Å²) in [6.07, 6.45) is 5.18. The quantitative estimate of drug-likeness (QED) is 0.368. The molecule has 1 heterocycles. The lowest BCUT2D eigenvalue weighted by molar-refractivity contribution is 0.322. The molecule has 0 radical (unpaired) electrons. The maximum Gasteiger partial charge on any atom is 0.261 e. The fourth-order valence-corrected chi connectivity index (χ4v) is 6.30. The van der Waals surface area contributed by atoms with Crippen LogP contribution in [0.2, 0.25) is 5.02 Å². The number of fused-ring (bicyclic) bond motifs is 3. The Morgan fingerprint density at radius 1 is 0.944 bits per heavy atom. The second kappa shape index (κ2) is 9.59. The first kappa shape index (κ1) is 24.3. The predicted octanol–water partition coefficient (Wildman–Crippen LogP) is 5.99. The lowest BCUT2D eigenvalue weighted by Gasteiger charge is -2.38. The molecule has 1 aliphatic heterocycles. The fraction of sp³-hybridized carbons (Fsp3) is 0.259. The number of anilines is 2. The van der Waals surface area contributed by atoms with E-state index in [2.05, 4.69) is 22.2 Å². The van der Waals surface area contributed by atoms with Crippen LogP contribution in [0, 0.1) is 5.92 Å². The summed E-state index contributed by atoms with van der Waals surface area (Å²) in [6, 6.07) is 15.7. The van der Waals surface area contributed by atoms with Crippen LogP contribution in [0.3, 0.4) is 0 Å². The zero-order valence-electron chi connectivity index (χ0n) is 20.1. The molecule has 0 fully saturated rings. The lowest BCUT2D eigenvalue weighted by Crippen LogP contribution is -2.29. The van der Waals surface area contributed by atoms with E-state index in [1.54, 1.807) is 57.7 Å². The molecule has 0 spiro atoms. The van der Waals surface area contributed by atoms with Crippen molar-refractivity contribution in [3.8, 4) is 17.2 Å². The molecule has 1 aliphatic carbocycles. The molecule has 0 unspecified atom stereocenters. The fourth-order valence-electron chi connectivity index (χ4n) is 5.08. The molecule has 2 N–H and O–H groups in total. The summed E-state index contributed by atoms with van der Waals surface area (Å²) in [5.74, 6) is 2.00. The molecular weight excluding hydrogens is 500 g/mol. The molecular formula is C27H27ClN2O5S. The predicted molar refractivity (Wildman–Crippen MR) is 141 cm³/mol. The molecule has 0 saturated carbocycles. The van der Waals surface area contributed by atoms with Crippen LogP contribution in [0.1, 0.15) is 29.5 Å². The maximum atomic E-state index is 13.1. The molecule has 36 heavy (non-hydrogen) atoms. The van der Waals surface area contributed by atoms with Crippen molar-refractivity contribution in [2.24, 2.45) is 5.92 Å². The molecule has 3 aromatic rings. The number of hydrogen-bond donors (Lipinski definition) is 2. The molecule has 3 atom stereocenters. The third kappa shape index (κ3) is 4.35. The first-order chi connectivity index (χ1) is 17.3. The summed E-state index contributed by atoms with van der Waals surface area (Å²) >= 11 is 5.93. The summed E-state index contributed by atoms with van der Waals surface area (Å²) in [5.41, 5.74) is 3.31. The number of allylic oxidation sites excluding steroid dienone is 2. The second-order valence-corrected chi connectivity index (χ2v) is 10.9. The minimum Gasteiger partial charge on any atom is -0.493 e. The highest BCUT2D eigenvalue weighted by Crippen LogP contribution is 2.52. The van der Waals surface area contributed by atoms with E-state index in [0.717, 1.165) is 23.2 Å². The average molecular weight is 527 g/mol. The van der Waals surface area contributed by atoms with E-state index in [-0.39, 0.29) is 22.8 Å². The number of sulfonamides is 1. The van der Waals surface area contributed by atoms with Crippen LogP contribution < -0.4 is 24.2 Å². The molecule has 2 aliphatic rings. The van der Waals surface area contributed by atoms with E-state index in [4.69, 9.17) is 25.8 Å². The third-order valence-electron chi connectivity index (χ3n) is 6.79. The number of hydrogen-bond acceptors (Lipinski definition) is 6. The molecule has 0 bridgehead atoms. The molecule has 9 heteroatoms. The van der Waals surface area contributed by atoms with Crippen LogP contribution in [0.5, 0.6) is 17.2 Å². The Hall–Kier alpha value is -3.36. The van der Waals surface area contributed by atoms with E-state index in [1.807, 2.05) is 18.2 Å². The molecule has 0 aromatic heterocycles. The third-order valence-corrected chi connectivity index (χ3v) is 8.42. The van der Waals surface area contributed by atoms with Gasteiger partial charge in [-0.05, 0) is 78.1 Å². The van der Waals surface area contributed by atoms with Gasteiger partial charge in [0.2, 0.25) is 5.75 Å². The standard InChI is InChI=1S/C27H27ClN2O5S/c1-33-24-13-16(14-25(34-2)27(24)35-3)26-21-6-4-5-20(21)22-15-19(11-12-23(22)29-26)36(31,32)30-18-9-7-17(28)8-10-18/h4-5,7-15,20-21,26,29-30H,6H2,1-3H3/t20-,21+,26+/m0/s1. The number of halogens is 1. The number of rotatable bonds is 7. The Bertz CT molecular complexity index is 1400. The highest BCUT2D eigenvalue weighted by molar-refractivity contribution is 7.92. The van der Waals surface area contributed by atoms with Gasteiger partial charge in [0, 0.05) is 22.3 Å². The second-order valence-electron chi connectivity index (χ2n) is 8.80. The van der Waals surface area contributed by atoms with E-state index in [0.29, 0.717) is 28.0 Å². The van der Waals surface area contributed by atoms with E-state index >= 15 is 0 Å². The number of methoxy groups -OCH3 is 3. The van der Waals surface area contributed by atoms with Gasteiger partial charge in [0.15, 0.2) is 11.5 Å². The summed E-state index contributed by atoms with van der Waals surface area (Å²) in [7, 11) is 1.01. The van der Waals surface area contributed by atoms with Crippen molar-refractivity contribution >= 4 is 33.0 Å². The summed E-state index contributed by atoms with van der Waals surface area (Å²) in [4.78, 5) is 0.211. The Balaban J connectivity index is 1.50. The van der Waals surface area contributed by atoms with Crippen LogP contribution >= 0.6 is 11.6 Å². The summed E-state index contributed by atoms with van der Waals surface area (Å²) < 4.78 is 45.5. The smallest absolute Gasteiger partial charge is 0.261 e. The van der Waals surface area contributed by atoms with Crippen molar-refractivity contribution in [2.75, 3.05) is 31.4 Å². The Kier molecular flexibility index (Phi) is 6.49. The van der Waals surface area contributed by atoms with Crippen LogP contribution in [0.15, 0.2) is 71.6 Å². The van der Waals surface area contributed by atoms with E-state index in [1.165, 1.54) is 0 Å². The highest BCUT2D eigenvalue weighted by Gasteiger charge is 2.39. The Morgan fingerprint density at radius 2 is 1.64 bits per heavy atom. The van der Waals surface area contributed by atoms with Crippen LogP contribution in [0.25, 0.3) is 0 Å². The summed E-state index contributed by atoms with van der Waals surface area (Å²) in [6.45, 7) is 0. The van der Waals surface area contributed by atoms with Gasteiger partial charge >= 0.3 is 0 Å². The van der Waals surface area contributed by atoms with Gasteiger partial charge < -0.3 is 19.5 Å². The highest BCUT2D eigenvalue weighted by atomic mass is 35.5. The largest absolute Gasteiger partial charge is 0.493 e. The van der Waals surface area contributed by atoms with Gasteiger partial charge in [0.25, 0.3) is 10.0 Å². The van der Waals surface area contributed by atoms with Gasteiger partial charge in [-0.2, -0.15) is 0 Å². The number of nitrogens with one attached hydrogen (secondary N) is 2. The minimum absolute atomic E-state index is 0.0270. The molecule has 7 nitrogen and oxygen atoms in total. The van der Waals surface area contributed by atoms with Gasteiger partial charge in [-0.15, -0.1) is 0 Å². The van der Waals surface area contributed by atoms with Gasteiger partial charge in [0.1, 0.15) is 0 Å². The molecule has 0 saturated heterocycles. The number of benzene rings is 3. The van der Waals surface area contributed by atoms with Crippen molar-refractivity contribution in [1.29, 1.82) is 0 Å². The Labute approximate surface area is 216 Å². The first-order valence-electron chi connectivity index (χ1n) is 11.5. The zero-order chi connectivity index (χ0) is 25.4. The maximum absolute atomic E-state index is 13.1. The van der Waals surface area contributed by atoms with Gasteiger partial charge in [0.05, 0.1) is 32.3 Å². The topological polar surface area (TPSA) is 85.9 Å². The van der Waals surface area contributed by atoms with Crippen LogP contribution in [-0.4, -0.2) is 29.7 Å². The molecule has 5 rings (SSSR count). The van der Waals surface area contributed by atoms with Crippen LogP contribution in [0.4, 0.5) is 11.4 Å². The SMILES string of the molecule is COc1cc([C@H]2Nc3ccc(S(=O)(=O)Nc4ccc(Cl)cc4)cc3[C@H]3C=CC[C@H]32)cc(OC)c1OC. The normalized spacial score (nSPS) is 20.2. The van der Waals surface area contributed by atoms with Gasteiger partial charge in [-0.1, -0.05) is 23.8 Å². The van der Waals surface area contributed by atoms with Crippen molar-refractivity contribution in [3.05, 3.63) is 82.9 Å². The van der Waals surface area contributed by atoms with E-state index in [9.17, 15) is 8.42 Å². The van der Waals surface area contributed by atoms with Crippen molar-refractivity contribution in [2.45, 2.75) is 23.3 Å². The number of ether oxygens (including phenoxy) is 3. The Morgan fingerprint density at radius 3 is 2.28 bits per heavy atom. The van der Waals surface area contributed by atoms with Crippen LogP contribution in [-0.2, 0) is 10.0 Å². The monoisotopic (exact) mass is 526 g/mol. The van der Waals surface area contributed by atoms with Gasteiger partial charge in [-0.3, -0.25) is 4.72 Å². The van der Waals surface area contributed by atoms with E-state index < -0.39 is 10.0 Å². The molecule has 188 valence electrons. The minimum atomic E-state index is -3.77. The van der Waals surface area contributed by atoms with Crippen molar-refractivity contribution < 1.29 is 22.6 Å². The lowest BCUT2D eigenvalue weighted by atomic mass is 9.77. The van der Waals surface area contributed by atoms with Crippen molar-refractivity contribution in [1.82, 2.24) is 0 Å². The average Bonchev–Trinajstić information content (AvgIpc) is 3.38. The zero-order valence-corrected chi connectivity index (χ0v) is 21.7. The summed E-state index contributed by atoms with van der Waals surface area (Å²) in [5, 5.41) is 4.18. The van der Waals surface area contributed by atoms with Crippen molar-refractivity contribution in [3.63, 3.8) is 0 Å². The molecule has 3 aromatic carbocycles. The first-order valence-corrected chi connectivity index (χ1v) is 13.4. The van der Waals surface area contributed by atoms with Gasteiger partial charge in [-0.25, -0.2) is 8.42 Å².